The molecule has 0 aromatic heterocycles. The lowest BCUT2D eigenvalue weighted by Crippen LogP contribution is -2.31. The fourth-order valence-corrected chi connectivity index (χ4v) is 4.31. The van der Waals surface area contributed by atoms with Gasteiger partial charge in [-0.3, -0.25) is 4.79 Å². The van der Waals surface area contributed by atoms with Gasteiger partial charge in [0.05, 0.1) is 5.69 Å². The minimum atomic E-state index is -0.930. The van der Waals surface area contributed by atoms with Crippen LogP contribution in [-0.4, -0.2) is 17.7 Å². The summed E-state index contributed by atoms with van der Waals surface area (Å²) in [6.45, 7) is 11.2. The number of ether oxygens (including phenoxy) is 2. The third-order valence-corrected chi connectivity index (χ3v) is 5.91. The molecule has 3 aromatic rings. The Bertz CT molecular complexity index is 1410. The summed E-state index contributed by atoms with van der Waals surface area (Å²) in [5, 5.41) is 2.96. The fraction of sp³-hybridized carbons (Fsp3) is 0.207. The number of ketones is 1. The van der Waals surface area contributed by atoms with E-state index in [0.717, 1.165) is 27.8 Å². The van der Waals surface area contributed by atoms with Crippen LogP contribution in [0.5, 0.6) is 11.5 Å². The van der Waals surface area contributed by atoms with E-state index in [0.29, 0.717) is 28.3 Å². The van der Waals surface area contributed by atoms with Gasteiger partial charge in [0.25, 0.3) is 0 Å². The van der Waals surface area contributed by atoms with Crippen molar-refractivity contribution in [3.05, 3.63) is 98.7 Å². The number of rotatable bonds is 4. The maximum Gasteiger partial charge on any atom is 0.361 e. The lowest BCUT2D eigenvalue weighted by molar-refractivity contribution is -0.133. The molecule has 0 unspecified atom stereocenters. The van der Waals surface area contributed by atoms with Gasteiger partial charge in [0.2, 0.25) is 5.78 Å². The Kier molecular flexibility index (Phi) is 6.31. The van der Waals surface area contributed by atoms with Crippen LogP contribution in [0.25, 0.3) is 0 Å². The topological polar surface area (TPSA) is 81.7 Å². The number of Topliss-reactive ketones (excluding diaryl/α,β-unsaturated/α-hetero) is 1. The van der Waals surface area contributed by atoms with Crippen molar-refractivity contribution >= 4 is 23.4 Å². The lowest BCUT2D eigenvalue weighted by Gasteiger charge is -2.22. The molecule has 0 saturated carbocycles. The molecule has 6 heteroatoms. The summed E-state index contributed by atoms with van der Waals surface area (Å²) in [7, 11) is 0. The third kappa shape index (κ3) is 4.73. The van der Waals surface area contributed by atoms with Gasteiger partial charge in [-0.2, -0.15) is 0 Å². The molecule has 4 rings (SSSR count). The predicted molar refractivity (Wildman–Crippen MR) is 134 cm³/mol. The van der Waals surface area contributed by atoms with Crippen molar-refractivity contribution < 1.29 is 23.9 Å². The molecule has 1 heterocycles. The Labute approximate surface area is 204 Å². The molecule has 1 N–H and O–H groups in total. The molecule has 35 heavy (non-hydrogen) atoms. The minimum absolute atomic E-state index is 0.250. The normalized spacial score (nSPS) is 13.9. The first-order valence-corrected chi connectivity index (χ1v) is 11.3. The molecule has 0 radical (unpaired) electrons. The van der Waals surface area contributed by atoms with E-state index in [1.807, 2.05) is 52.8 Å². The van der Waals surface area contributed by atoms with Crippen molar-refractivity contribution in [2.45, 2.75) is 41.5 Å². The number of carbonyl (C=O) groups is 3. The maximum atomic E-state index is 13.7. The molecule has 0 saturated heterocycles. The number of carbonyl (C=O) groups excluding carboxylic acids is 3. The molecule has 0 aliphatic carbocycles. The summed E-state index contributed by atoms with van der Waals surface area (Å²) >= 11 is 0. The van der Waals surface area contributed by atoms with Gasteiger partial charge in [0, 0.05) is 5.56 Å². The smallest absolute Gasteiger partial charge is 0.361 e. The largest absolute Gasteiger partial charge is 0.422 e. The zero-order valence-corrected chi connectivity index (χ0v) is 20.7. The van der Waals surface area contributed by atoms with Crippen molar-refractivity contribution in [1.29, 1.82) is 0 Å². The predicted octanol–water partition coefficient (Wildman–Crippen LogP) is 5.61. The van der Waals surface area contributed by atoms with E-state index in [9.17, 15) is 14.4 Å². The molecular weight excluding hydrogens is 442 g/mol. The number of hydrogen-bond acceptors (Lipinski definition) is 6. The molecule has 1 aliphatic rings. The number of nitrogens with one attached hydrogen (secondary N) is 1. The summed E-state index contributed by atoms with van der Waals surface area (Å²) in [6.07, 6.45) is 0. The second-order valence-electron chi connectivity index (χ2n) is 9.03. The van der Waals surface area contributed by atoms with Gasteiger partial charge >= 0.3 is 11.9 Å². The van der Waals surface area contributed by atoms with Crippen LogP contribution in [0.3, 0.4) is 0 Å². The molecule has 178 valence electrons. The number of esters is 2. The van der Waals surface area contributed by atoms with E-state index < -0.39 is 23.3 Å². The van der Waals surface area contributed by atoms with Crippen LogP contribution in [0.2, 0.25) is 0 Å². The lowest BCUT2D eigenvalue weighted by atomic mass is 9.95. The van der Waals surface area contributed by atoms with Crippen molar-refractivity contribution in [2.75, 3.05) is 5.32 Å². The summed E-state index contributed by atoms with van der Waals surface area (Å²) in [5.41, 5.74) is 5.23. The van der Waals surface area contributed by atoms with Crippen LogP contribution in [0, 0.1) is 41.5 Å². The Morgan fingerprint density at radius 2 is 1.37 bits per heavy atom. The maximum absolute atomic E-state index is 13.7. The zero-order chi connectivity index (χ0) is 25.4. The molecular formula is C29H27NO5. The number of aryl methyl sites for hydroxylation is 6. The molecule has 0 bridgehead atoms. The van der Waals surface area contributed by atoms with Crippen LogP contribution in [-0.2, 0) is 9.59 Å². The second kappa shape index (κ2) is 9.22. The highest BCUT2D eigenvalue weighted by atomic mass is 16.5. The highest BCUT2D eigenvalue weighted by molar-refractivity contribution is 6.29. The highest BCUT2D eigenvalue weighted by Gasteiger charge is 2.35. The van der Waals surface area contributed by atoms with Gasteiger partial charge in [-0.25, -0.2) is 9.59 Å². The van der Waals surface area contributed by atoms with Gasteiger partial charge in [-0.15, -0.1) is 0 Å². The van der Waals surface area contributed by atoms with Crippen LogP contribution < -0.4 is 14.8 Å². The van der Waals surface area contributed by atoms with Gasteiger partial charge < -0.3 is 14.8 Å². The second-order valence-corrected chi connectivity index (χ2v) is 9.03. The SMILES string of the molecule is Cc1ccc(C(=O)C(C(=O)Oc2c(C)cc(C)cc2C)=C2Nc3cc(C)ccc3OC2=O)c(C)c1. The van der Waals surface area contributed by atoms with Crippen LogP contribution in [0.15, 0.2) is 59.8 Å². The van der Waals surface area contributed by atoms with E-state index in [4.69, 9.17) is 9.47 Å². The molecule has 0 amide bonds. The summed E-state index contributed by atoms with van der Waals surface area (Å²) in [6, 6.07) is 14.3. The van der Waals surface area contributed by atoms with Gasteiger partial charge in [-0.05, 0) is 75.9 Å². The van der Waals surface area contributed by atoms with Crippen molar-refractivity contribution in [3.63, 3.8) is 0 Å². The Hall–Kier alpha value is -4.19. The minimum Gasteiger partial charge on any atom is -0.422 e. The first-order chi connectivity index (χ1) is 16.5. The average Bonchev–Trinajstić information content (AvgIpc) is 2.77. The number of benzene rings is 3. The fourth-order valence-electron chi connectivity index (χ4n) is 4.31. The summed E-state index contributed by atoms with van der Waals surface area (Å²) in [4.78, 5) is 40.3. The van der Waals surface area contributed by atoms with E-state index in [1.165, 1.54) is 0 Å². The molecule has 6 nitrogen and oxygen atoms in total. The monoisotopic (exact) mass is 469 g/mol. The molecule has 0 fully saturated rings. The molecule has 0 spiro atoms. The summed E-state index contributed by atoms with van der Waals surface area (Å²) in [5.74, 6) is -1.70. The third-order valence-electron chi connectivity index (χ3n) is 5.91. The first-order valence-electron chi connectivity index (χ1n) is 11.3. The standard InChI is InChI=1S/C29H27NO5/c1-15-7-9-21(18(4)11-15)26(31)24(28(32)35-27-19(5)12-17(3)13-20(27)6)25-29(33)34-23-10-8-16(2)14-22(23)30-25/h7-14,30H,1-6H3. The number of anilines is 1. The molecule has 1 aliphatic heterocycles. The van der Waals surface area contributed by atoms with E-state index in [2.05, 4.69) is 5.32 Å². The van der Waals surface area contributed by atoms with E-state index >= 15 is 0 Å². The van der Waals surface area contributed by atoms with Crippen LogP contribution in [0.4, 0.5) is 5.69 Å². The Balaban J connectivity index is 1.86. The van der Waals surface area contributed by atoms with Gasteiger partial charge in [-0.1, -0.05) is 47.5 Å². The summed E-state index contributed by atoms with van der Waals surface area (Å²) < 4.78 is 11.2. The first kappa shape index (κ1) is 24.0. The quantitative estimate of drug-likeness (QED) is 0.134. The van der Waals surface area contributed by atoms with Crippen molar-refractivity contribution in [2.24, 2.45) is 0 Å². The van der Waals surface area contributed by atoms with E-state index in [-0.39, 0.29) is 5.70 Å². The van der Waals surface area contributed by atoms with Gasteiger partial charge in [0.1, 0.15) is 17.0 Å². The Morgan fingerprint density at radius 3 is 2.03 bits per heavy atom. The van der Waals surface area contributed by atoms with Crippen LogP contribution >= 0.6 is 0 Å². The zero-order valence-electron chi connectivity index (χ0n) is 20.7. The highest BCUT2D eigenvalue weighted by Crippen LogP contribution is 2.34. The number of hydrogen-bond donors (Lipinski definition) is 1. The van der Waals surface area contributed by atoms with Gasteiger partial charge in [0.15, 0.2) is 5.75 Å². The van der Waals surface area contributed by atoms with Crippen LogP contribution in [0.1, 0.15) is 43.7 Å². The van der Waals surface area contributed by atoms with E-state index in [1.54, 1.807) is 37.3 Å². The molecule has 3 aromatic carbocycles. The van der Waals surface area contributed by atoms with Crippen molar-refractivity contribution in [1.82, 2.24) is 0 Å². The molecule has 0 atom stereocenters. The average molecular weight is 470 g/mol. The van der Waals surface area contributed by atoms with Crippen molar-refractivity contribution in [3.8, 4) is 11.5 Å². The Morgan fingerprint density at radius 1 is 0.771 bits per heavy atom. The number of fused-ring (bicyclic) bond motifs is 1.